The first-order valence-corrected chi connectivity index (χ1v) is 7.23. The molecule has 0 spiro atoms. The van der Waals surface area contributed by atoms with Crippen LogP contribution in [0.15, 0.2) is 12.1 Å². The Balaban J connectivity index is 2.75. The molecule has 23 heavy (non-hydrogen) atoms. The molecule has 0 saturated heterocycles. The van der Waals surface area contributed by atoms with E-state index in [-0.39, 0.29) is 18.6 Å². The summed E-state index contributed by atoms with van der Waals surface area (Å²) in [6.07, 6.45) is 0. The molecule has 1 rings (SSSR count). The van der Waals surface area contributed by atoms with Crippen LogP contribution in [-0.4, -0.2) is 54.2 Å². The predicted octanol–water partition coefficient (Wildman–Crippen LogP) is 1.55. The highest BCUT2D eigenvalue weighted by Crippen LogP contribution is 2.39. The Labute approximate surface area is 136 Å². The molecule has 1 unspecified atom stereocenters. The topological polar surface area (TPSA) is 75.3 Å². The normalized spacial score (nSPS) is 11.7. The maximum absolute atomic E-state index is 11.9. The lowest BCUT2D eigenvalue weighted by Crippen LogP contribution is -2.30. The van der Waals surface area contributed by atoms with Crippen LogP contribution in [0.3, 0.4) is 0 Å². The van der Waals surface area contributed by atoms with Crippen LogP contribution in [0.4, 0.5) is 0 Å². The van der Waals surface area contributed by atoms with Crippen LogP contribution in [0.2, 0.25) is 0 Å². The van der Waals surface area contributed by atoms with Crippen molar-refractivity contribution in [3.8, 4) is 17.2 Å². The molecule has 0 aliphatic heterocycles. The SMILES string of the molecule is COCCOCC(=O)NC(C)c1cc(OC)c(OC)c(OC)c1. The lowest BCUT2D eigenvalue weighted by Gasteiger charge is -2.18. The zero-order valence-electron chi connectivity index (χ0n) is 14.3. The minimum atomic E-state index is -0.234. The van der Waals surface area contributed by atoms with Crippen molar-refractivity contribution in [3.05, 3.63) is 17.7 Å². The van der Waals surface area contributed by atoms with Gasteiger partial charge in [-0.05, 0) is 24.6 Å². The minimum absolute atomic E-state index is 0.0157. The Morgan fingerprint density at radius 2 is 1.65 bits per heavy atom. The number of amides is 1. The van der Waals surface area contributed by atoms with E-state index in [4.69, 9.17) is 23.7 Å². The third kappa shape index (κ3) is 5.61. The average molecular weight is 327 g/mol. The quantitative estimate of drug-likeness (QED) is 0.657. The van der Waals surface area contributed by atoms with Gasteiger partial charge in [-0.25, -0.2) is 0 Å². The number of carbonyl (C=O) groups excluding carboxylic acids is 1. The molecule has 0 radical (unpaired) electrons. The fourth-order valence-corrected chi connectivity index (χ4v) is 2.02. The third-order valence-corrected chi connectivity index (χ3v) is 3.23. The number of nitrogens with one attached hydrogen (secondary N) is 1. The Bertz CT molecular complexity index is 480. The maximum Gasteiger partial charge on any atom is 0.246 e. The van der Waals surface area contributed by atoms with Crippen molar-refractivity contribution >= 4 is 5.91 Å². The summed E-state index contributed by atoms with van der Waals surface area (Å²) >= 11 is 0. The van der Waals surface area contributed by atoms with E-state index in [1.165, 1.54) is 0 Å². The van der Waals surface area contributed by atoms with Crippen LogP contribution in [0, 0.1) is 0 Å². The summed E-state index contributed by atoms with van der Waals surface area (Å²) in [7, 11) is 6.22. The maximum atomic E-state index is 11.9. The van der Waals surface area contributed by atoms with Crippen LogP contribution >= 0.6 is 0 Å². The van der Waals surface area contributed by atoms with Gasteiger partial charge in [-0.3, -0.25) is 4.79 Å². The van der Waals surface area contributed by atoms with Crippen LogP contribution in [0.5, 0.6) is 17.2 Å². The van der Waals surface area contributed by atoms with Crippen molar-refractivity contribution in [1.82, 2.24) is 5.32 Å². The summed E-state index contributed by atoms with van der Waals surface area (Å²) < 4.78 is 25.9. The van der Waals surface area contributed by atoms with E-state index in [0.29, 0.717) is 30.5 Å². The minimum Gasteiger partial charge on any atom is -0.493 e. The van der Waals surface area contributed by atoms with Gasteiger partial charge in [0, 0.05) is 7.11 Å². The van der Waals surface area contributed by atoms with Gasteiger partial charge in [0.1, 0.15) is 6.61 Å². The summed E-state index contributed by atoms with van der Waals surface area (Å²) in [6.45, 7) is 2.68. The number of methoxy groups -OCH3 is 4. The molecule has 7 heteroatoms. The molecule has 0 aromatic heterocycles. The molecule has 1 amide bonds. The van der Waals surface area contributed by atoms with Gasteiger partial charge >= 0.3 is 0 Å². The number of rotatable bonds is 10. The Kier molecular flexibility index (Phi) is 8.21. The highest BCUT2D eigenvalue weighted by atomic mass is 16.5. The lowest BCUT2D eigenvalue weighted by atomic mass is 10.1. The van der Waals surface area contributed by atoms with Gasteiger partial charge in [0.15, 0.2) is 11.5 Å². The van der Waals surface area contributed by atoms with E-state index in [1.807, 2.05) is 6.92 Å². The fourth-order valence-electron chi connectivity index (χ4n) is 2.02. The molecule has 1 aromatic rings. The molecule has 0 fully saturated rings. The first-order chi connectivity index (χ1) is 11.1. The van der Waals surface area contributed by atoms with Gasteiger partial charge in [-0.1, -0.05) is 0 Å². The van der Waals surface area contributed by atoms with Crippen molar-refractivity contribution in [1.29, 1.82) is 0 Å². The smallest absolute Gasteiger partial charge is 0.246 e. The summed E-state index contributed by atoms with van der Waals surface area (Å²) in [5.74, 6) is 1.39. The summed E-state index contributed by atoms with van der Waals surface area (Å²) in [5, 5.41) is 2.86. The average Bonchev–Trinajstić information content (AvgIpc) is 2.57. The number of ether oxygens (including phenoxy) is 5. The van der Waals surface area contributed by atoms with E-state index < -0.39 is 0 Å². The molecule has 130 valence electrons. The molecule has 1 aromatic carbocycles. The molecule has 0 saturated carbocycles. The fraction of sp³-hybridized carbons (Fsp3) is 0.562. The second-order valence-electron chi connectivity index (χ2n) is 4.79. The molecule has 0 bridgehead atoms. The van der Waals surface area contributed by atoms with Crippen LogP contribution < -0.4 is 19.5 Å². The van der Waals surface area contributed by atoms with Gasteiger partial charge in [-0.15, -0.1) is 0 Å². The highest BCUT2D eigenvalue weighted by Gasteiger charge is 2.17. The molecule has 0 aliphatic rings. The lowest BCUT2D eigenvalue weighted by molar-refractivity contribution is -0.126. The van der Waals surface area contributed by atoms with Crippen LogP contribution in [0.25, 0.3) is 0 Å². The second-order valence-corrected chi connectivity index (χ2v) is 4.79. The molecule has 7 nitrogen and oxygen atoms in total. The summed E-state index contributed by atoms with van der Waals surface area (Å²) in [4.78, 5) is 11.9. The first kappa shape index (κ1) is 19.1. The van der Waals surface area contributed by atoms with Gasteiger partial charge in [0.25, 0.3) is 0 Å². The van der Waals surface area contributed by atoms with Crippen molar-refractivity contribution in [2.75, 3.05) is 48.3 Å². The molecular weight excluding hydrogens is 302 g/mol. The zero-order chi connectivity index (χ0) is 17.2. The van der Waals surface area contributed by atoms with Gasteiger partial charge < -0.3 is 29.0 Å². The number of hydrogen-bond acceptors (Lipinski definition) is 6. The summed E-state index contributed by atoms with van der Waals surface area (Å²) in [5.41, 5.74) is 0.838. The van der Waals surface area contributed by atoms with Crippen molar-refractivity contribution in [2.45, 2.75) is 13.0 Å². The standard InChI is InChI=1S/C16H25NO6/c1-11(17-15(18)10-23-7-6-19-2)12-8-13(20-3)16(22-5)14(9-12)21-4/h8-9,11H,6-7,10H2,1-5H3,(H,17,18). The number of benzene rings is 1. The van der Waals surface area contributed by atoms with E-state index in [9.17, 15) is 4.79 Å². The van der Waals surface area contributed by atoms with Crippen molar-refractivity contribution in [2.24, 2.45) is 0 Å². The zero-order valence-corrected chi connectivity index (χ0v) is 14.3. The molecule has 1 atom stereocenters. The van der Waals surface area contributed by atoms with Gasteiger partial charge in [0.05, 0.1) is 40.6 Å². The number of hydrogen-bond donors (Lipinski definition) is 1. The highest BCUT2D eigenvalue weighted by molar-refractivity contribution is 5.77. The monoisotopic (exact) mass is 327 g/mol. The summed E-state index contributed by atoms with van der Waals surface area (Å²) in [6, 6.07) is 3.37. The van der Waals surface area contributed by atoms with Gasteiger partial charge in [-0.2, -0.15) is 0 Å². The van der Waals surface area contributed by atoms with Crippen LogP contribution in [-0.2, 0) is 14.3 Å². The molecule has 0 heterocycles. The van der Waals surface area contributed by atoms with Crippen LogP contribution in [0.1, 0.15) is 18.5 Å². The molecule has 1 N–H and O–H groups in total. The Hall–Kier alpha value is -1.99. The largest absolute Gasteiger partial charge is 0.493 e. The molecule has 0 aliphatic carbocycles. The predicted molar refractivity (Wildman–Crippen MR) is 85.4 cm³/mol. The van der Waals surface area contributed by atoms with E-state index in [2.05, 4.69) is 5.32 Å². The van der Waals surface area contributed by atoms with Gasteiger partial charge in [0.2, 0.25) is 11.7 Å². The van der Waals surface area contributed by atoms with Crippen molar-refractivity contribution in [3.63, 3.8) is 0 Å². The van der Waals surface area contributed by atoms with E-state index in [0.717, 1.165) is 5.56 Å². The van der Waals surface area contributed by atoms with Crippen molar-refractivity contribution < 1.29 is 28.5 Å². The molecular formula is C16H25NO6. The first-order valence-electron chi connectivity index (χ1n) is 7.23. The second kappa shape index (κ2) is 9.91. The van der Waals surface area contributed by atoms with E-state index >= 15 is 0 Å². The Morgan fingerprint density at radius 1 is 1.04 bits per heavy atom. The Morgan fingerprint density at radius 3 is 2.13 bits per heavy atom. The third-order valence-electron chi connectivity index (χ3n) is 3.23. The van der Waals surface area contributed by atoms with E-state index in [1.54, 1.807) is 40.6 Å². The number of carbonyl (C=O) groups is 1.